The van der Waals surface area contributed by atoms with E-state index in [-0.39, 0.29) is 21.3 Å². The lowest BCUT2D eigenvalue weighted by Crippen LogP contribution is -2.41. The van der Waals surface area contributed by atoms with E-state index in [0.29, 0.717) is 12.2 Å². The number of carbonyl (C=O) groups is 1. The van der Waals surface area contributed by atoms with Crippen molar-refractivity contribution in [2.24, 2.45) is 5.92 Å². The molecule has 0 radical (unpaired) electrons. The molecule has 2 N–H and O–H groups in total. The van der Waals surface area contributed by atoms with Gasteiger partial charge in [0.1, 0.15) is 11.4 Å². The van der Waals surface area contributed by atoms with Crippen LogP contribution in [-0.4, -0.2) is 30.1 Å². The zero-order valence-corrected chi connectivity index (χ0v) is 17.1. The zero-order valence-electron chi connectivity index (χ0n) is 15.5. The number of fused-ring (bicyclic) bond motifs is 1. The maximum Gasteiger partial charge on any atom is 0.270 e. The van der Waals surface area contributed by atoms with Crippen LogP contribution in [0.5, 0.6) is 5.75 Å². The van der Waals surface area contributed by atoms with Crippen LogP contribution < -0.4 is 14.8 Å². The third-order valence-electron chi connectivity index (χ3n) is 4.06. The van der Waals surface area contributed by atoms with Gasteiger partial charge in [-0.3, -0.25) is 4.79 Å². The summed E-state index contributed by atoms with van der Waals surface area (Å²) >= 11 is 0.819. The van der Waals surface area contributed by atoms with Gasteiger partial charge in [0.05, 0.1) is 6.04 Å². The first kappa shape index (κ1) is 19.7. The van der Waals surface area contributed by atoms with Crippen LogP contribution in [0, 0.1) is 5.92 Å². The number of anilines is 1. The second kappa shape index (κ2) is 7.17. The summed E-state index contributed by atoms with van der Waals surface area (Å²) in [5.74, 6) is 0.166. The van der Waals surface area contributed by atoms with Crippen LogP contribution in [0.15, 0.2) is 28.6 Å². The lowest BCUT2D eigenvalue weighted by molar-refractivity contribution is -0.118. The summed E-state index contributed by atoms with van der Waals surface area (Å²) in [7, 11) is -3.90. The fourth-order valence-corrected chi connectivity index (χ4v) is 4.90. The van der Waals surface area contributed by atoms with Crippen molar-refractivity contribution in [2.75, 3.05) is 5.32 Å². The van der Waals surface area contributed by atoms with E-state index in [4.69, 9.17) is 4.74 Å². The second-order valence-corrected chi connectivity index (χ2v) is 10.2. The van der Waals surface area contributed by atoms with Gasteiger partial charge in [-0.15, -0.1) is 10.2 Å². The highest BCUT2D eigenvalue weighted by molar-refractivity contribution is 7.91. The summed E-state index contributed by atoms with van der Waals surface area (Å²) in [6.07, 6.45) is 0.471. The van der Waals surface area contributed by atoms with Gasteiger partial charge >= 0.3 is 0 Å². The first-order valence-electron chi connectivity index (χ1n) is 8.52. The summed E-state index contributed by atoms with van der Waals surface area (Å²) in [6, 6.07) is 6.90. The van der Waals surface area contributed by atoms with Crippen molar-refractivity contribution >= 4 is 32.4 Å². The average Bonchev–Trinajstić information content (AvgIpc) is 3.02. The van der Waals surface area contributed by atoms with Crippen LogP contribution in [0.3, 0.4) is 0 Å². The molecule has 2 heterocycles. The monoisotopic (exact) mass is 410 g/mol. The lowest BCUT2D eigenvalue weighted by atomic mass is 9.90. The topological polar surface area (TPSA) is 110 Å². The molecule has 3 rings (SSSR count). The maximum atomic E-state index is 12.8. The number of hydrogen-bond donors (Lipinski definition) is 2. The van der Waals surface area contributed by atoms with Crippen LogP contribution >= 0.6 is 11.3 Å². The van der Waals surface area contributed by atoms with Gasteiger partial charge in [0.15, 0.2) is 0 Å². The Morgan fingerprint density at radius 1 is 1.30 bits per heavy atom. The number of benzene rings is 1. The van der Waals surface area contributed by atoms with Crippen molar-refractivity contribution in [3.8, 4) is 5.75 Å². The average molecular weight is 411 g/mol. The Bertz CT molecular complexity index is 953. The molecule has 146 valence electrons. The Labute approximate surface area is 162 Å². The van der Waals surface area contributed by atoms with E-state index in [1.807, 2.05) is 38.1 Å². The highest BCUT2D eigenvalue weighted by Gasteiger charge is 2.36. The summed E-state index contributed by atoms with van der Waals surface area (Å²) < 4.78 is 34.0. The van der Waals surface area contributed by atoms with E-state index >= 15 is 0 Å². The Kier molecular flexibility index (Phi) is 5.24. The summed E-state index contributed by atoms with van der Waals surface area (Å²) in [5.41, 5.74) is 0.261. The van der Waals surface area contributed by atoms with E-state index < -0.39 is 21.7 Å². The molecule has 0 aliphatic carbocycles. The van der Waals surface area contributed by atoms with Crippen LogP contribution in [0.2, 0.25) is 0 Å². The number of sulfonamides is 1. The van der Waals surface area contributed by atoms with Crippen LogP contribution in [0.1, 0.15) is 45.7 Å². The molecule has 1 aliphatic heterocycles. The van der Waals surface area contributed by atoms with E-state index in [1.165, 1.54) is 0 Å². The zero-order chi connectivity index (χ0) is 19.8. The van der Waals surface area contributed by atoms with Crippen LogP contribution in [0.25, 0.3) is 0 Å². The number of nitrogens with zero attached hydrogens (tertiary/aromatic N) is 2. The Hall–Kier alpha value is -2.04. The highest BCUT2D eigenvalue weighted by atomic mass is 32.2. The molecule has 1 atom stereocenters. The second-order valence-electron chi connectivity index (χ2n) is 7.29. The molecule has 0 bridgehead atoms. The molecule has 0 saturated carbocycles. The molecule has 0 fully saturated rings. The number of amides is 1. The molecule has 8 nitrogen and oxygen atoms in total. The van der Waals surface area contributed by atoms with Crippen molar-refractivity contribution in [3.05, 3.63) is 29.8 Å². The minimum absolute atomic E-state index is 0.154. The minimum atomic E-state index is -3.90. The molecule has 10 heteroatoms. The highest BCUT2D eigenvalue weighted by Crippen LogP contribution is 2.40. The van der Waals surface area contributed by atoms with Gasteiger partial charge in [-0.1, -0.05) is 43.4 Å². The van der Waals surface area contributed by atoms with Crippen molar-refractivity contribution in [1.82, 2.24) is 14.9 Å². The number of para-hydroxylation sites is 1. The molecule has 1 aliphatic rings. The van der Waals surface area contributed by atoms with Gasteiger partial charge in [0, 0.05) is 17.9 Å². The number of hydrogen-bond acceptors (Lipinski definition) is 7. The molecule has 2 aromatic rings. The van der Waals surface area contributed by atoms with Crippen LogP contribution in [-0.2, 0) is 14.8 Å². The molecule has 0 saturated heterocycles. The molecule has 0 unspecified atom stereocenters. The summed E-state index contributed by atoms with van der Waals surface area (Å²) in [4.78, 5) is 11.7. The SMILES string of the molecule is CC(C)C(=O)Nc1nnc(S(=O)(=O)N[C@@H]2CC(C)(C)Oc3ccccc32)s1. The normalized spacial score (nSPS) is 18.6. The van der Waals surface area contributed by atoms with Gasteiger partial charge in [-0.2, -0.15) is 0 Å². The number of rotatable bonds is 5. The number of aromatic nitrogens is 2. The van der Waals surface area contributed by atoms with Gasteiger partial charge in [0.25, 0.3) is 10.0 Å². The van der Waals surface area contributed by atoms with Gasteiger partial charge < -0.3 is 10.1 Å². The van der Waals surface area contributed by atoms with Gasteiger partial charge in [-0.25, -0.2) is 13.1 Å². The standard InChI is InChI=1S/C17H22N4O4S2/c1-10(2)14(22)18-15-19-20-16(26-15)27(23,24)21-12-9-17(3,4)25-13-8-6-5-7-11(12)13/h5-8,10,12,21H,9H2,1-4H3,(H,18,19,22)/t12-/m1/s1. The smallest absolute Gasteiger partial charge is 0.270 e. The molecule has 1 amide bonds. The first-order valence-corrected chi connectivity index (χ1v) is 10.8. The van der Waals surface area contributed by atoms with Crippen molar-refractivity contribution < 1.29 is 17.9 Å². The minimum Gasteiger partial charge on any atom is -0.487 e. The summed E-state index contributed by atoms with van der Waals surface area (Å²) in [6.45, 7) is 7.29. The quantitative estimate of drug-likeness (QED) is 0.734. The van der Waals surface area contributed by atoms with Gasteiger partial charge in [0.2, 0.25) is 15.4 Å². The number of ether oxygens (including phenoxy) is 1. The van der Waals surface area contributed by atoms with Crippen molar-refractivity contribution in [2.45, 2.75) is 50.1 Å². The largest absolute Gasteiger partial charge is 0.487 e. The molecule has 1 aromatic heterocycles. The predicted octanol–water partition coefficient (Wildman–Crippen LogP) is 2.71. The lowest BCUT2D eigenvalue weighted by Gasteiger charge is -2.37. The maximum absolute atomic E-state index is 12.8. The third kappa shape index (κ3) is 4.45. The fourth-order valence-electron chi connectivity index (χ4n) is 2.76. The molecule has 27 heavy (non-hydrogen) atoms. The Morgan fingerprint density at radius 3 is 2.70 bits per heavy atom. The van der Waals surface area contributed by atoms with Crippen LogP contribution in [0.4, 0.5) is 5.13 Å². The first-order chi connectivity index (χ1) is 12.6. The fraction of sp³-hybridized carbons (Fsp3) is 0.471. The molecular weight excluding hydrogens is 388 g/mol. The molecular formula is C17H22N4O4S2. The Balaban J connectivity index is 1.83. The van der Waals surface area contributed by atoms with E-state index in [9.17, 15) is 13.2 Å². The predicted molar refractivity (Wildman–Crippen MR) is 102 cm³/mol. The number of carbonyl (C=O) groups excluding carboxylic acids is 1. The van der Waals surface area contributed by atoms with Crippen molar-refractivity contribution in [1.29, 1.82) is 0 Å². The summed E-state index contributed by atoms with van der Waals surface area (Å²) in [5, 5.41) is 10.2. The van der Waals surface area contributed by atoms with E-state index in [2.05, 4.69) is 20.2 Å². The van der Waals surface area contributed by atoms with Gasteiger partial charge in [-0.05, 0) is 19.9 Å². The number of nitrogens with one attached hydrogen (secondary N) is 2. The van der Waals surface area contributed by atoms with Crippen molar-refractivity contribution in [3.63, 3.8) is 0 Å². The van der Waals surface area contributed by atoms with E-state index in [1.54, 1.807) is 13.8 Å². The molecule has 1 aromatic carbocycles. The van der Waals surface area contributed by atoms with E-state index in [0.717, 1.165) is 16.9 Å². The Morgan fingerprint density at radius 2 is 2.00 bits per heavy atom. The third-order valence-corrected chi connectivity index (χ3v) is 6.74. The molecule has 0 spiro atoms.